The van der Waals surface area contributed by atoms with Gasteiger partial charge < -0.3 is 14.6 Å². The lowest BCUT2D eigenvalue weighted by Gasteiger charge is -2.53. The second-order valence-corrected chi connectivity index (χ2v) is 9.33. The number of nitrogens with zero attached hydrogens (tertiary/aromatic N) is 1. The molecule has 1 aliphatic rings. The van der Waals surface area contributed by atoms with Crippen LogP contribution in [0, 0.1) is 0 Å². The lowest BCUT2D eigenvalue weighted by atomic mass is 9.79. The standard InChI is InChI=1S/C21H35NO3S/c1-20(2)11-8-12-21(3,4)22(20)15-17(23)16-25-19-10-7-6-9-18(19)24-13-14-26-5/h6-7,9-10,17,23H,8,11-16H2,1-5H3. The van der Waals surface area contributed by atoms with E-state index < -0.39 is 6.10 Å². The van der Waals surface area contributed by atoms with Crippen LogP contribution in [-0.2, 0) is 0 Å². The van der Waals surface area contributed by atoms with Crippen molar-refractivity contribution in [1.82, 2.24) is 4.90 Å². The Morgan fingerprint density at radius 2 is 1.65 bits per heavy atom. The van der Waals surface area contributed by atoms with Crippen molar-refractivity contribution in [1.29, 1.82) is 0 Å². The molecule has 0 aromatic heterocycles. The number of thioether (sulfide) groups is 1. The molecule has 1 aromatic rings. The lowest BCUT2D eigenvalue weighted by Crippen LogP contribution is -2.60. The van der Waals surface area contributed by atoms with Crippen molar-refractivity contribution in [2.24, 2.45) is 0 Å². The first-order chi connectivity index (χ1) is 12.3. The summed E-state index contributed by atoms with van der Waals surface area (Å²) in [5.74, 6) is 2.38. The summed E-state index contributed by atoms with van der Waals surface area (Å²) in [7, 11) is 0. The van der Waals surface area contributed by atoms with E-state index in [1.165, 1.54) is 6.42 Å². The fourth-order valence-corrected chi connectivity index (χ4v) is 4.16. The van der Waals surface area contributed by atoms with Gasteiger partial charge in [-0.1, -0.05) is 12.1 Å². The van der Waals surface area contributed by atoms with Crippen LogP contribution in [0.5, 0.6) is 11.5 Å². The highest BCUT2D eigenvalue weighted by molar-refractivity contribution is 7.98. The molecular formula is C21H35NO3S. The third kappa shape index (κ3) is 5.80. The number of β-amino-alcohol motifs (C(OH)–C–C–N with tert-alkyl or cyclic N) is 1. The zero-order valence-electron chi connectivity index (χ0n) is 17.0. The minimum atomic E-state index is -0.536. The molecule has 1 aliphatic heterocycles. The number of aliphatic hydroxyl groups is 1. The Hall–Kier alpha value is -0.910. The molecule has 0 amide bonds. The van der Waals surface area contributed by atoms with Gasteiger partial charge in [-0.05, 0) is 65.3 Å². The zero-order chi connectivity index (χ0) is 19.2. The van der Waals surface area contributed by atoms with Gasteiger partial charge in [-0.25, -0.2) is 0 Å². The van der Waals surface area contributed by atoms with Gasteiger partial charge >= 0.3 is 0 Å². The van der Waals surface area contributed by atoms with Gasteiger partial charge in [0.25, 0.3) is 0 Å². The highest BCUT2D eigenvalue weighted by Crippen LogP contribution is 2.38. The highest BCUT2D eigenvalue weighted by Gasteiger charge is 2.41. The molecule has 0 saturated carbocycles. The number of rotatable bonds is 9. The molecule has 4 nitrogen and oxygen atoms in total. The third-order valence-electron chi connectivity index (χ3n) is 5.26. The predicted octanol–water partition coefficient (Wildman–Crippen LogP) is 4.21. The molecule has 1 aromatic carbocycles. The molecule has 26 heavy (non-hydrogen) atoms. The van der Waals surface area contributed by atoms with E-state index in [1.54, 1.807) is 11.8 Å². The smallest absolute Gasteiger partial charge is 0.161 e. The number of ether oxygens (including phenoxy) is 2. The van der Waals surface area contributed by atoms with Gasteiger partial charge in [-0.3, -0.25) is 4.90 Å². The zero-order valence-corrected chi connectivity index (χ0v) is 17.8. The van der Waals surface area contributed by atoms with Crippen molar-refractivity contribution in [3.05, 3.63) is 24.3 Å². The molecule has 1 fully saturated rings. The largest absolute Gasteiger partial charge is 0.489 e. The quantitative estimate of drug-likeness (QED) is 0.649. The Labute approximate surface area is 163 Å². The van der Waals surface area contributed by atoms with E-state index in [0.29, 0.717) is 18.9 Å². The second-order valence-electron chi connectivity index (χ2n) is 8.34. The van der Waals surface area contributed by atoms with E-state index in [9.17, 15) is 5.11 Å². The van der Waals surface area contributed by atoms with Crippen molar-refractivity contribution in [3.63, 3.8) is 0 Å². The van der Waals surface area contributed by atoms with Gasteiger partial charge in [-0.2, -0.15) is 11.8 Å². The first-order valence-electron chi connectivity index (χ1n) is 9.56. The van der Waals surface area contributed by atoms with Crippen molar-refractivity contribution in [2.75, 3.05) is 31.8 Å². The summed E-state index contributed by atoms with van der Waals surface area (Å²) < 4.78 is 11.7. The van der Waals surface area contributed by atoms with Crippen LogP contribution >= 0.6 is 11.8 Å². The number of benzene rings is 1. The molecule has 1 saturated heterocycles. The van der Waals surface area contributed by atoms with Crippen LogP contribution < -0.4 is 9.47 Å². The Morgan fingerprint density at radius 1 is 1.08 bits per heavy atom. The molecule has 0 spiro atoms. The molecule has 5 heteroatoms. The number of piperidine rings is 1. The average molecular weight is 382 g/mol. The van der Waals surface area contributed by atoms with E-state index >= 15 is 0 Å². The Kier molecular flexibility index (Phi) is 7.68. The summed E-state index contributed by atoms with van der Waals surface area (Å²) >= 11 is 1.75. The van der Waals surface area contributed by atoms with Crippen molar-refractivity contribution in [3.8, 4) is 11.5 Å². The first-order valence-corrected chi connectivity index (χ1v) is 10.9. The van der Waals surface area contributed by atoms with Crippen molar-refractivity contribution < 1.29 is 14.6 Å². The fourth-order valence-electron chi connectivity index (χ4n) is 3.91. The summed E-state index contributed by atoms with van der Waals surface area (Å²) in [6, 6.07) is 7.69. The predicted molar refractivity (Wildman–Crippen MR) is 111 cm³/mol. The lowest BCUT2D eigenvalue weighted by molar-refractivity contribution is -0.0608. The molecule has 1 unspecified atom stereocenters. The van der Waals surface area contributed by atoms with Crippen LogP contribution in [-0.4, -0.2) is 59.0 Å². The fraction of sp³-hybridized carbons (Fsp3) is 0.714. The summed E-state index contributed by atoms with van der Waals surface area (Å²) in [5, 5.41) is 10.6. The van der Waals surface area contributed by atoms with Gasteiger partial charge in [0, 0.05) is 23.4 Å². The maximum Gasteiger partial charge on any atom is 0.161 e. The van der Waals surface area contributed by atoms with Crippen LogP contribution in [0.25, 0.3) is 0 Å². The van der Waals surface area contributed by atoms with Crippen LogP contribution in [0.4, 0.5) is 0 Å². The van der Waals surface area contributed by atoms with Gasteiger partial charge in [0.15, 0.2) is 11.5 Å². The third-order valence-corrected chi connectivity index (χ3v) is 5.83. The molecule has 0 aliphatic carbocycles. The Morgan fingerprint density at radius 3 is 2.23 bits per heavy atom. The van der Waals surface area contributed by atoms with E-state index in [-0.39, 0.29) is 17.7 Å². The van der Waals surface area contributed by atoms with Crippen molar-refractivity contribution >= 4 is 11.8 Å². The molecular weight excluding hydrogens is 346 g/mol. The number of hydrogen-bond acceptors (Lipinski definition) is 5. The molecule has 1 N–H and O–H groups in total. The van der Waals surface area contributed by atoms with Crippen molar-refractivity contribution in [2.45, 2.75) is 64.1 Å². The van der Waals surface area contributed by atoms with E-state index in [0.717, 1.165) is 24.3 Å². The van der Waals surface area contributed by atoms with E-state index in [2.05, 4.69) is 38.9 Å². The maximum atomic E-state index is 10.6. The number of hydrogen-bond donors (Lipinski definition) is 1. The minimum Gasteiger partial charge on any atom is -0.489 e. The number of aliphatic hydroxyl groups excluding tert-OH is 1. The number of likely N-dealkylation sites (tertiary alicyclic amines) is 1. The Bertz CT molecular complexity index is 546. The summed E-state index contributed by atoms with van der Waals surface area (Å²) in [5.41, 5.74) is 0.198. The molecule has 1 heterocycles. The summed E-state index contributed by atoms with van der Waals surface area (Å²) in [6.07, 6.45) is 5.09. The SMILES string of the molecule is CSCCOc1ccccc1OCC(O)CN1C(C)(C)CCCC1(C)C. The molecule has 0 bridgehead atoms. The monoisotopic (exact) mass is 381 g/mol. The van der Waals surface area contributed by atoms with E-state index in [4.69, 9.17) is 9.47 Å². The molecule has 148 valence electrons. The normalized spacial score (nSPS) is 20.5. The maximum absolute atomic E-state index is 10.6. The van der Waals surface area contributed by atoms with Gasteiger partial charge in [0.1, 0.15) is 12.7 Å². The summed E-state index contributed by atoms with van der Waals surface area (Å²) in [4.78, 5) is 2.44. The second kappa shape index (κ2) is 9.34. The Balaban J connectivity index is 1.93. The van der Waals surface area contributed by atoms with Crippen LogP contribution in [0.3, 0.4) is 0 Å². The van der Waals surface area contributed by atoms with Gasteiger partial charge in [0.2, 0.25) is 0 Å². The van der Waals surface area contributed by atoms with Crippen LogP contribution in [0.15, 0.2) is 24.3 Å². The molecule has 2 rings (SSSR count). The highest BCUT2D eigenvalue weighted by atomic mass is 32.2. The van der Waals surface area contributed by atoms with E-state index in [1.807, 2.05) is 24.3 Å². The van der Waals surface area contributed by atoms with Gasteiger partial charge in [-0.15, -0.1) is 0 Å². The average Bonchev–Trinajstić information content (AvgIpc) is 2.57. The first kappa shape index (κ1) is 21.4. The summed E-state index contributed by atoms with van der Waals surface area (Å²) in [6.45, 7) is 10.6. The molecule has 1 atom stereocenters. The minimum absolute atomic E-state index is 0.0988. The topological polar surface area (TPSA) is 41.9 Å². The molecule has 0 radical (unpaired) electrons. The van der Waals surface area contributed by atoms with Crippen LogP contribution in [0.2, 0.25) is 0 Å². The number of para-hydroxylation sites is 2. The van der Waals surface area contributed by atoms with Crippen LogP contribution in [0.1, 0.15) is 47.0 Å². The van der Waals surface area contributed by atoms with Gasteiger partial charge in [0.05, 0.1) is 6.61 Å².